The number of nitrogens with zero attached hydrogens (tertiary/aromatic N) is 3. The molecule has 0 spiro atoms. The Bertz CT molecular complexity index is 938. The lowest BCUT2D eigenvalue weighted by Gasteiger charge is -2.43. The molecule has 5 atom stereocenters. The Labute approximate surface area is 189 Å². The van der Waals surface area contributed by atoms with Crippen LogP contribution in [0.4, 0.5) is 0 Å². The Hall–Kier alpha value is -1.75. The van der Waals surface area contributed by atoms with E-state index < -0.39 is 37.1 Å². The van der Waals surface area contributed by atoms with Gasteiger partial charge in [0, 0.05) is 19.6 Å². The van der Waals surface area contributed by atoms with E-state index in [1.54, 1.807) is 12.1 Å². The molecule has 2 aliphatic rings. The summed E-state index contributed by atoms with van der Waals surface area (Å²) in [5.41, 5.74) is 1.01. The molecular weight excluding hydrogens is 447 g/mol. The molecule has 0 radical (unpaired) electrons. The van der Waals surface area contributed by atoms with E-state index in [4.69, 9.17) is 32.7 Å². The van der Waals surface area contributed by atoms with E-state index in [9.17, 15) is 15.0 Å². The summed E-state index contributed by atoms with van der Waals surface area (Å²) in [7, 11) is 1.51. The summed E-state index contributed by atoms with van der Waals surface area (Å²) in [6.07, 6.45) is 0.650. The minimum Gasteiger partial charge on any atom is -0.394 e. The molecule has 2 fully saturated rings. The van der Waals surface area contributed by atoms with Crippen molar-refractivity contribution >= 4 is 29.1 Å². The van der Waals surface area contributed by atoms with E-state index in [1.807, 2.05) is 6.07 Å². The molecule has 11 heteroatoms. The van der Waals surface area contributed by atoms with Gasteiger partial charge in [0.2, 0.25) is 0 Å². The summed E-state index contributed by atoms with van der Waals surface area (Å²) in [4.78, 5) is 12.3. The number of hydrogen-bond donors (Lipinski definition) is 3. The second-order valence-electron chi connectivity index (χ2n) is 7.86. The number of aliphatic hydroxyl groups is 2. The molecule has 4 rings (SSSR count). The number of aliphatic hydroxyl groups excluding tert-OH is 2. The number of rotatable bonds is 7. The monoisotopic (exact) mass is 470 g/mol. The molecule has 1 aromatic heterocycles. The second-order valence-corrected chi connectivity index (χ2v) is 8.68. The van der Waals surface area contributed by atoms with Crippen molar-refractivity contribution in [1.29, 1.82) is 0 Å². The molecule has 0 unspecified atom stereocenters. The van der Waals surface area contributed by atoms with Crippen LogP contribution in [0.25, 0.3) is 0 Å². The Morgan fingerprint density at radius 1 is 1.32 bits per heavy atom. The lowest BCUT2D eigenvalue weighted by Crippen LogP contribution is -2.57. The molecule has 1 amide bonds. The Balaban J connectivity index is 1.59. The van der Waals surface area contributed by atoms with E-state index in [2.05, 4.69) is 15.6 Å². The standard InChI is InChI=1S/C20H24Cl2N4O5/c1-30-19-15(7-10-2-5-12(21)13(22)6-10)31-16(9-27)18(28)17(19)26-8-14(24-25-26)20(29)23-11-3-4-11/h2,5-6,8,11,15-19,27-28H,3-4,7,9H2,1H3,(H,23,29)/t15-,16-,17+,18+,19+/m1/s1. The number of hydrogen-bond acceptors (Lipinski definition) is 7. The van der Waals surface area contributed by atoms with E-state index in [-0.39, 0.29) is 17.6 Å². The van der Waals surface area contributed by atoms with Gasteiger partial charge in [-0.25, -0.2) is 4.68 Å². The van der Waals surface area contributed by atoms with Crippen LogP contribution < -0.4 is 5.32 Å². The van der Waals surface area contributed by atoms with E-state index >= 15 is 0 Å². The van der Waals surface area contributed by atoms with Gasteiger partial charge in [0.15, 0.2) is 5.69 Å². The van der Waals surface area contributed by atoms with Crippen LogP contribution in [0.5, 0.6) is 0 Å². The second kappa shape index (κ2) is 9.40. The fraction of sp³-hybridized carbons (Fsp3) is 0.550. The SMILES string of the molecule is CO[C@@H]1[C@@H](n2cc(C(=O)NC3CC3)nn2)[C@@H](O)[C@@H](CO)O[C@@H]1Cc1ccc(Cl)c(Cl)c1. The summed E-state index contributed by atoms with van der Waals surface area (Å²) in [6, 6.07) is 4.73. The zero-order chi connectivity index (χ0) is 22.1. The van der Waals surface area contributed by atoms with Crippen molar-refractivity contribution in [3.63, 3.8) is 0 Å². The molecule has 1 saturated carbocycles. The van der Waals surface area contributed by atoms with Crippen LogP contribution in [0, 0.1) is 0 Å². The first-order valence-corrected chi connectivity index (χ1v) is 10.8. The van der Waals surface area contributed by atoms with Gasteiger partial charge in [-0.2, -0.15) is 0 Å². The lowest BCUT2D eigenvalue weighted by atomic mass is 9.89. The number of ether oxygens (including phenoxy) is 2. The van der Waals surface area contributed by atoms with Crippen molar-refractivity contribution in [2.45, 2.75) is 55.8 Å². The topological polar surface area (TPSA) is 119 Å². The smallest absolute Gasteiger partial charge is 0.273 e. The van der Waals surface area contributed by atoms with Crippen LogP contribution in [0.2, 0.25) is 10.0 Å². The molecule has 1 aliphatic carbocycles. The molecule has 31 heavy (non-hydrogen) atoms. The van der Waals surface area contributed by atoms with Gasteiger partial charge in [-0.3, -0.25) is 4.79 Å². The van der Waals surface area contributed by atoms with Crippen molar-refractivity contribution in [1.82, 2.24) is 20.3 Å². The van der Waals surface area contributed by atoms with E-state index in [0.29, 0.717) is 16.5 Å². The van der Waals surface area contributed by atoms with Crippen molar-refractivity contribution in [2.75, 3.05) is 13.7 Å². The number of halogens is 2. The zero-order valence-electron chi connectivity index (χ0n) is 16.8. The normalized spacial score (nSPS) is 28.5. The summed E-state index contributed by atoms with van der Waals surface area (Å²) >= 11 is 12.1. The van der Waals surface area contributed by atoms with Crippen molar-refractivity contribution in [3.05, 3.63) is 45.7 Å². The molecule has 1 aromatic carbocycles. The molecule has 1 aliphatic heterocycles. The van der Waals surface area contributed by atoms with Crippen molar-refractivity contribution in [2.24, 2.45) is 0 Å². The van der Waals surface area contributed by atoms with Crippen LogP contribution in [0.1, 0.15) is 34.9 Å². The third-order valence-electron chi connectivity index (χ3n) is 5.62. The predicted octanol–water partition coefficient (Wildman–Crippen LogP) is 1.40. The minimum absolute atomic E-state index is 0.155. The van der Waals surface area contributed by atoms with Gasteiger partial charge in [-0.15, -0.1) is 5.10 Å². The quantitative estimate of drug-likeness (QED) is 0.559. The fourth-order valence-corrected chi connectivity index (χ4v) is 4.16. The number of amides is 1. The number of aromatic nitrogens is 3. The first kappa shape index (κ1) is 22.4. The number of methoxy groups -OCH3 is 1. The molecule has 168 valence electrons. The summed E-state index contributed by atoms with van der Waals surface area (Å²) in [6.45, 7) is -0.393. The Morgan fingerprint density at radius 2 is 2.10 bits per heavy atom. The lowest BCUT2D eigenvalue weighted by molar-refractivity contribution is -0.211. The largest absolute Gasteiger partial charge is 0.394 e. The molecule has 3 N–H and O–H groups in total. The third kappa shape index (κ3) is 4.87. The average molecular weight is 471 g/mol. The van der Waals surface area contributed by atoms with Crippen LogP contribution in [0.15, 0.2) is 24.4 Å². The van der Waals surface area contributed by atoms with Crippen molar-refractivity contribution in [3.8, 4) is 0 Å². The molecule has 9 nitrogen and oxygen atoms in total. The highest BCUT2D eigenvalue weighted by molar-refractivity contribution is 6.42. The predicted molar refractivity (Wildman–Crippen MR) is 112 cm³/mol. The summed E-state index contributed by atoms with van der Waals surface area (Å²) in [5, 5.41) is 32.4. The van der Waals surface area contributed by atoms with Crippen LogP contribution >= 0.6 is 23.2 Å². The highest BCUT2D eigenvalue weighted by atomic mass is 35.5. The third-order valence-corrected chi connectivity index (χ3v) is 6.36. The summed E-state index contributed by atoms with van der Waals surface area (Å²) < 4.78 is 13.1. The fourth-order valence-electron chi connectivity index (χ4n) is 3.84. The molecule has 2 aromatic rings. The van der Waals surface area contributed by atoms with Gasteiger partial charge in [-0.1, -0.05) is 34.5 Å². The summed E-state index contributed by atoms with van der Waals surface area (Å²) in [5.74, 6) is -0.310. The van der Waals surface area contributed by atoms with Gasteiger partial charge in [0.25, 0.3) is 5.91 Å². The van der Waals surface area contributed by atoms with E-state index in [0.717, 1.165) is 18.4 Å². The Morgan fingerprint density at radius 3 is 2.74 bits per heavy atom. The maximum atomic E-state index is 12.3. The molecule has 1 saturated heterocycles. The molecular formula is C20H24Cl2N4O5. The Kier molecular flexibility index (Phi) is 6.80. The number of nitrogens with one attached hydrogen (secondary N) is 1. The number of benzene rings is 1. The highest BCUT2D eigenvalue weighted by Gasteiger charge is 2.47. The maximum Gasteiger partial charge on any atom is 0.273 e. The van der Waals surface area contributed by atoms with Gasteiger partial charge in [0.05, 0.1) is 29.0 Å². The average Bonchev–Trinajstić information content (AvgIpc) is 3.43. The number of carbonyl (C=O) groups is 1. The molecule has 0 bridgehead atoms. The molecule has 2 heterocycles. The minimum atomic E-state index is -1.12. The highest BCUT2D eigenvalue weighted by Crippen LogP contribution is 2.34. The van der Waals surface area contributed by atoms with Gasteiger partial charge in [0.1, 0.15) is 24.4 Å². The van der Waals surface area contributed by atoms with Gasteiger partial charge >= 0.3 is 0 Å². The maximum absolute atomic E-state index is 12.3. The first-order chi connectivity index (χ1) is 14.9. The van der Waals surface area contributed by atoms with Gasteiger partial charge in [-0.05, 0) is 30.5 Å². The van der Waals surface area contributed by atoms with Crippen LogP contribution in [0.3, 0.4) is 0 Å². The van der Waals surface area contributed by atoms with Crippen LogP contribution in [-0.2, 0) is 15.9 Å². The van der Waals surface area contributed by atoms with Crippen molar-refractivity contribution < 1.29 is 24.5 Å². The van der Waals surface area contributed by atoms with Crippen LogP contribution in [-0.4, -0.2) is 75.3 Å². The van der Waals surface area contributed by atoms with E-state index in [1.165, 1.54) is 18.0 Å². The van der Waals surface area contributed by atoms with Gasteiger partial charge < -0.3 is 25.0 Å². The first-order valence-electron chi connectivity index (χ1n) is 10.0. The number of carbonyl (C=O) groups excluding carboxylic acids is 1. The zero-order valence-corrected chi connectivity index (χ0v) is 18.3.